The Bertz CT molecular complexity index is 735. The number of nitrogens with two attached hydrogens (primary N) is 1. The lowest BCUT2D eigenvalue weighted by Gasteiger charge is -2.19. The molecule has 0 saturated carbocycles. The molecule has 2 aromatic rings. The second-order valence-electron chi connectivity index (χ2n) is 4.21. The Hall–Kier alpha value is -2.19. The Kier molecular flexibility index (Phi) is 2.95. The van der Waals surface area contributed by atoms with Crippen LogP contribution in [0.1, 0.15) is 11.3 Å². The van der Waals surface area contributed by atoms with Crippen molar-refractivity contribution in [2.45, 2.75) is 19.0 Å². The Morgan fingerprint density at radius 3 is 2.35 bits per heavy atom. The van der Waals surface area contributed by atoms with Crippen molar-refractivity contribution in [1.82, 2.24) is 9.97 Å². The Morgan fingerprint density at radius 1 is 1.20 bits per heavy atom. The first-order valence-corrected chi connectivity index (χ1v) is 5.29. The fourth-order valence-electron chi connectivity index (χ4n) is 1.67. The number of H-pyrrole nitrogens is 1. The van der Waals surface area contributed by atoms with Gasteiger partial charge in [0.1, 0.15) is 11.3 Å². The number of aromatic amines is 1. The van der Waals surface area contributed by atoms with Crippen LogP contribution in [0, 0.1) is 6.92 Å². The van der Waals surface area contributed by atoms with Gasteiger partial charge in [-0.25, -0.2) is 4.98 Å². The Labute approximate surface area is 108 Å². The number of nitrogens with zero attached hydrogens (tertiary/aromatic N) is 1. The number of fused-ring (bicyclic) bond motifs is 1. The fraction of sp³-hybridized carbons (Fsp3) is 0.273. The second-order valence-corrected chi connectivity index (χ2v) is 4.21. The maximum absolute atomic E-state index is 13.2. The molecule has 0 saturated heterocycles. The molecule has 0 atom stereocenters. The van der Waals surface area contributed by atoms with E-state index in [2.05, 4.69) is 9.97 Å². The predicted molar refractivity (Wildman–Crippen MR) is 61.5 cm³/mol. The van der Waals surface area contributed by atoms with Crippen LogP contribution in [0.2, 0.25) is 0 Å². The van der Waals surface area contributed by atoms with Crippen LogP contribution in [-0.4, -0.2) is 16.1 Å². The smallest absolute Gasteiger partial charge is 0.394 e. The van der Waals surface area contributed by atoms with Crippen molar-refractivity contribution in [3.8, 4) is 0 Å². The van der Waals surface area contributed by atoms with Gasteiger partial charge in [-0.3, -0.25) is 4.79 Å². The number of hydrogen-bond acceptors (Lipinski definition) is 3. The molecule has 0 unspecified atom stereocenters. The number of pyridine rings is 2. The average molecular weight is 293 g/mol. The van der Waals surface area contributed by atoms with Crippen molar-refractivity contribution in [3.05, 3.63) is 33.7 Å². The number of aryl methyl sites for hydroxylation is 1. The number of nitrogen functional groups attached to an aromatic ring is 1. The van der Waals surface area contributed by atoms with E-state index < -0.39 is 23.4 Å². The van der Waals surface area contributed by atoms with Crippen molar-refractivity contribution < 1.29 is 22.0 Å². The van der Waals surface area contributed by atoms with Crippen LogP contribution in [0.4, 0.5) is 27.6 Å². The maximum atomic E-state index is 13.2. The van der Waals surface area contributed by atoms with E-state index in [-0.39, 0.29) is 22.3 Å². The zero-order chi connectivity index (χ0) is 15.3. The molecule has 2 rings (SSSR count). The van der Waals surface area contributed by atoms with Crippen LogP contribution in [-0.2, 0) is 5.92 Å². The molecule has 0 aromatic carbocycles. The average Bonchev–Trinajstić information content (AvgIpc) is 2.30. The maximum Gasteiger partial charge on any atom is 0.459 e. The van der Waals surface area contributed by atoms with Gasteiger partial charge in [-0.2, -0.15) is 22.0 Å². The highest BCUT2D eigenvalue weighted by Gasteiger charge is 2.60. The monoisotopic (exact) mass is 293 g/mol. The third kappa shape index (κ3) is 2.08. The molecule has 9 heteroatoms. The normalized spacial score (nSPS) is 12.9. The molecule has 0 aliphatic carbocycles. The number of aromatic nitrogens is 2. The van der Waals surface area contributed by atoms with Crippen LogP contribution >= 0.6 is 0 Å². The summed E-state index contributed by atoms with van der Waals surface area (Å²) in [6, 6.07) is 1.79. The van der Waals surface area contributed by atoms with Crippen LogP contribution in [0.25, 0.3) is 11.0 Å². The lowest BCUT2D eigenvalue weighted by atomic mass is 10.1. The first-order valence-electron chi connectivity index (χ1n) is 5.29. The Balaban J connectivity index is 2.76. The van der Waals surface area contributed by atoms with E-state index >= 15 is 0 Å². The van der Waals surface area contributed by atoms with Gasteiger partial charge in [-0.15, -0.1) is 0 Å². The van der Waals surface area contributed by atoms with Crippen LogP contribution in [0.5, 0.6) is 0 Å². The lowest BCUT2D eigenvalue weighted by Crippen LogP contribution is -2.34. The number of nitrogens with one attached hydrogen (secondary N) is 1. The van der Waals surface area contributed by atoms with Gasteiger partial charge in [-0.05, 0) is 24.6 Å². The van der Waals surface area contributed by atoms with Crippen molar-refractivity contribution >= 4 is 16.7 Å². The molecule has 0 aliphatic rings. The summed E-state index contributed by atoms with van der Waals surface area (Å²) in [5.74, 6) is -5.11. The van der Waals surface area contributed by atoms with E-state index in [0.29, 0.717) is 6.07 Å². The molecule has 3 N–H and O–H groups in total. The zero-order valence-corrected chi connectivity index (χ0v) is 9.98. The van der Waals surface area contributed by atoms with Crippen LogP contribution in [0.15, 0.2) is 16.9 Å². The molecule has 4 nitrogen and oxygen atoms in total. The van der Waals surface area contributed by atoms with Crippen LogP contribution < -0.4 is 11.3 Å². The highest BCUT2D eigenvalue weighted by molar-refractivity contribution is 5.81. The van der Waals surface area contributed by atoms with Gasteiger partial charge in [0.15, 0.2) is 0 Å². The molecule has 2 aromatic heterocycles. The van der Waals surface area contributed by atoms with E-state index in [9.17, 15) is 26.7 Å². The van der Waals surface area contributed by atoms with Gasteiger partial charge in [-0.1, -0.05) is 0 Å². The topological polar surface area (TPSA) is 71.8 Å². The molecule has 2 heterocycles. The summed E-state index contributed by atoms with van der Waals surface area (Å²) in [7, 11) is 0. The third-order valence-corrected chi connectivity index (χ3v) is 2.74. The summed E-state index contributed by atoms with van der Waals surface area (Å²) in [4.78, 5) is 16.5. The summed E-state index contributed by atoms with van der Waals surface area (Å²) in [5, 5.41) is 0.198. The van der Waals surface area contributed by atoms with Gasteiger partial charge < -0.3 is 10.7 Å². The SMILES string of the molecule is Cc1cc(C(F)(F)C(F)(F)F)nc2[nH]c(=O)c(N)cc12. The highest BCUT2D eigenvalue weighted by Crippen LogP contribution is 2.43. The summed E-state index contributed by atoms with van der Waals surface area (Å²) < 4.78 is 63.4. The minimum absolute atomic E-state index is 0.0943. The first-order chi connectivity index (χ1) is 9.04. The standard InChI is InChI=1S/C11H8F5N3O/c1-4-2-7(10(12,13)11(14,15)16)18-8-5(4)3-6(17)9(20)19-8/h2-3H,17H2,1H3,(H,18,19,20). The molecular weight excluding hydrogens is 285 g/mol. The number of anilines is 1. The molecule has 0 amide bonds. The van der Waals surface area contributed by atoms with Crippen molar-refractivity contribution in [1.29, 1.82) is 0 Å². The van der Waals surface area contributed by atoms with Gasteiger partial charge in [0, 0.05) is 5.39 Å². The molecular formula is C11H8F5N3O. The number of rotatable bonds is 1. The number of hydrogen-bond donors (Lipinski definition) is 2. The zero-order valence-electron chi connectivity index (χ0n) is 9.98. The van der Waals surface area contributed by atoms with E-state index in [0.717, 1.165) is 0 Å². The molecule has 0 spiro atoms. The summed E-state index contributed by atoms with van der Waals surface area (Å²) in [6.07, 6.45) is -5.77. The van der Waals surface area contributed by atoms with Gasteiger partial charge >= 0.3 is 12.1 Å². The van der Waals surface area contributed by atoms with E-state index in [1.165, 1.54) is 13.0 Å². The van der Waals surface area contributed by atoms with E-state index in [4.69, 9.17) is 5.73 Å². The molecule has 108 valence electrons. The molecule has 0 aliphatic heterocycles. The fourth-order valence-corrected chi connectivity index (χ4v) is 1.67. The quantitative estimate of drug-likeness (QED) is 0.793. The highest BCUT2D eigenvalue weighted by atomic mass is 19.4. The number of halogens is 5. The van der Waals surface area contributed by atoms with Crippen LogP contribution in [0.3, 0.4) is 0 Å². The van der Waals surface area contributed by atoms with E-state index in [1.807, 2.05) is 0 Å². The summed E-state index contributed by atoms with van der Waals surface area (Å²) in [5.41, 5.74) is 2.60. The minimum atomic E-state index is -5.77. The molecule has 0 bridgehead atoms. The number of alkyl halides is 5. The Morgan fingerprint density at radius 2 is 1.80 bits per heavy atom. The van der Waals surface area contributed by atoms with Crippen molar-refractivity contribution in [3.63, 3.8) is 0 Å². The summed E-state index contributed by atoms with van der Waals surface area (Å²) in [6.45, 7) is 1.32. The summed E-state index contributed by atoms with van der Waals surface area (Å²) >= 11 is 0. The molecule has 20 heavy (non-hydrogen) atoms. The van der Waals surface area contributed by atoms with Gasteiger partial charge in [0.25, 0.3) is 5.56 Å². The van der Waals surface area contributed by atoms with Gasteiger partial charge in [0.05, 0.1) is 5.69 Å². The lowest BCUT2D eigenvalue weighted by molar-refractivity contribution is -0.290. The molecule has 0 fully saturated rings. The largest absolute Gasteiger partial charge is 0.459 e. The van der Waals surface area contributed by atoms with Gasteiger partial charge in [0.2, 0.25) is 0 Å². The molecule has 0 radical (unpaired) electrons. The van der Waals surface area contributed by atoms with Crippen molar-refractivity contribution in [2.75, 3.05) is 5.73 Å². The van der Waals surface area contributed by atoms with Crippen molar-refractivity contribution in [2.24, 2.45) is 0 Å². The second kappa shape index (κ2) is 4.15. The van der Waals surface area contributed by atoms with E-state index in [1.54, 1.807) is 0 Å². The predicted octanol–water partition coefficient (Wildman–Crippen LogP) is 2.47. The first kappa shape index (κ1) is 14.2. The third-order valence-electron chi connectivity index (χ3n) is 2.74. The minimum Gasteiger partial charge on any atom is -0.394 e.